The van der Waals surface area contributed by atoms with Crippen molar-refractivity contribution in [3.05, 3.63) is 77.9 Å². The van der Waals surface area contributed by atoms with Crippen LogP contribution in [-0.4, -0.2) is 36.6 Å². The Bertz CT molecular complexity index is 1220. The number of hydrogen-bond acceptors (Lipinski definition) is 6. The number of carbonyl (C=O) groups excluding carboxylic acids is 1. The molecule has 0 bridgehead atoms. The van der Waals surface area contributed by atoms with E-state index in [4.69, 9.17) is 19.5 Å². The predicted octanol–water partition coefficient (Wildman–Crippen LogP) is 5.94. The molecule has 0 radical (unpaired) electrons. The van der Waals surface area contributed by atoms with Gasteiger partial charge in [-0.3, -0.25) is 9.79 Å². The van der Waals surface area contributed by atoms with Crippen molar-refractivity contribution in [2.75, 3.05) is 25.3 Å². The maximum atomic E-state index is 12.6. The molecule has 168 valence electrons. The third kappa shape index (κ3) is 5.62. The fourth-order valence-electron chi connectivity index (χ4n) is 3.41. The van der Waals surface area contributed by atoms with Gasteiger partial charge in [-0.15, -0.1) is 11.8 Å². The molecule has 7 heteroatoms. The number of fused-ring (bicyclic) bond motifs is 1. The maximum absolute atomic E-state index is 12.6. The van der Waals surface area contributed by atoms with Crippen molar-refractivity contribution < 1.29 is 14.3 Å². The van der Waals surface area contributed by atoms with Gasteiger partial charge in [-0.2, -0.15) is 0 Å². The molecule has 3 aromatic carbocycles. The largest absolute Gasteiger partial charge is 0.493 e. The van der Waals surface area contributed by atoms with Gasteiger partial charge >= 0.3 is 0 Å². The Labute approximate surface area is 197 Å². The molecule has 33 heavy (non-hydrogen) atoms. The van der Waals surface area contributed by atoms with Crippen LogP contribution in [0.1, 0.15) is 17.5 Å². The smallest absolute Gasteiger partial charge is 0.234 e. The summed E-state index contributed by atoms with van der Waals surface area (Å²) < 4.78 is 10.6. The van der Waals surface area contributed by atoms with Gasteiger partial charge in [0.2, 0.25) is 5.91 Å². The quantitative estimate of drug-likeness (QED) is 0.495. The fraction of sp³-hybridized carbons (Fsp3) is 0.192. The number of aryl methyl sites for hydroxylation is 1. The zero-order valence-electron chi connectivity index (χ0n) is 18.8. The number of aliphatic imine (C=N–C) groups is 2. The van der Waals surface area contributed by atoms with E-state index in [0.717, 1.165) is 27.7 Å². The third-order valence-electron chi connectivity index (χ3n) is 5.12. The Balaban J connectivity index is 1.49. The summed E-state index contributed by atoms with van der Waals surface area (Å²) in [5.41, 5.74) is 5.48. The number of rotatable bonds is 6. The molecule has 0 unspecified atom stereocenters. The Morgan fingerprint density at radius 2 is 1.64 bits per heavy atom. The molecule has 0 aromatic heterocycles. The minimum atomic E-state index is -0.124. The molecular weight excluding hydrogens is 434 g/mol. The number of nitrogens with one attached hydrogen (secondary N) is 1. The van der Waals surface area contributed by atoms with Crippen molar-refractivity contribution in [2.45, 2.75) is 13.3 Å². The van der Waals surface area contributed by atoms with Crippen LogP contribution in [0.2, 0.25) is 0 Å². The first-order valence-corrected chi connectivity index (χ1v) is 11.5. The summed E-state index contributed by atoms with van der Waals surface area (Å²) in [7, 11) is 3.14. The van der Waals surface area contributed by atoms with Crippen LogP contribution in [0, 0.1) is 6.92 Å². The summed E-state index contributed by atoms with van der Waals surface area (Å²) in [6.07, 6.45) is 0.562. The van der Waals surface area contributed by atoms with Gasteiger partial charge in [0.15, 0.2) is 11.5 Å². The molecule has 0 aliphatic carbocycles. The van der Waals surface area contributed by atoms with Crippen LogP contribution in [0.5, 0.6) is 11.5 Å². The molecule has 0 spiro atoms. The van der Waals surface area contributed by atoms with Crippen LogP contribution < -0.4 is 14.8 Å². The molecule has 1 aliphatic heterocycles. The average Bonchev–Trinajstić information content (AvgIpc) is 3.02. The van der Waals surface area contributed by atoms with Crippen molar-refractivity contribution in [2.24, 2.45) is 9.98 Å². The topological polar surface area (TPSA) is 72.3 Å². The van der Waals surface area contributed by atoms with E-state index in [1.54, 1.807) is 32.4 Å². The summed E-state index contributed by atoms with van der Waals surface area (Å²) in [5, 5.41) is 3.76. The molecule has 0 atom stereocenters. The number of ether oxygens (including phenoxy) is 2. The molecule has 1 N–H and O–H groups in total. The first-order valence-electron chi connectivity index (χ1n) is 10.5. The van der Waals surface area contributed by atoms with E-state index in [1.807, 2.05) is 24.3 Å². The number of thioether (sulfide) groups is 1. The monoisotopic (exact) mass is 459 g/mol. The second kappa shape index (κ2) is 10.4. The summed E-state index contributed by atoms with van der Waals surface area (Å²) in [4.78, 5) is 22.3. The number of benzene rings is 3. The highest BCUT2D eigenvalue weighted by Gasteiger charge is 2.17. The third-order valence-corrected chi connectivity index (χ3v) is 6.10. The van der Waals surface area contributed by atoms with Crippen LogP contribution in [-0.2, 0) is 4.79 Å². The predicted molar refractivity (Wildman–Crippen MR) is 136 cm³/mol. The highest BCUT2D eigenvalue weighted by Crippen LogP contribution is 2.34. The summed E-state index contributed by atoms with van der Waals surface area (Å²) >= 11 is 1.42. The normalized spacial score (nSPS) is 12.7. The van der Waals surface area contributed by atoms with Crippen molar-refractivity contribution >= 4 is 45.5 Å². The van der Waals surface area contributed by atoms with Crippen molar-refractivity contribution in [1.82, 2.24) is 0 Å². The van der Waals surface area contributed by atoms with E-state index in [9.17, 15) is 4.79 Å². The van der Waals surface area contributed by atoms with Gasteiger partial charge in [-0.05, 0) is 36.8 Å². The number of hydrogen-bond donors (Lipinski definition) is 1. The zero-order valence-corrected chi connectivity index (χ0v) is 19.6. The summed E-state index contributed by atoms with van der Waals surface area (Å²) in [6, 6.07) is 21.4. The molecule has 0 saturated heterocycles. The minimum absolute atomic E-state index is 0.124. The highest BCUT2D eigenvalue weighted by atomic mass is 32.2. The Kier molecular flexibility index (Phi) is 7.10. The number of carbonyl (C=O) groups is 1. The minimum Gasteiger partial charge on any atom is -0.493 e. The molecule has 1 heterocycles. The SMILES string of the molecule is COc1ccc(NC(=O)CSC2=Nc3ccccc3N=C(c3ccc(C)cc3)C2)cc1OC. The van der Waals surface area contributed by atoms with E-state index in [2.05, 4.69) is 36.5 Å². The van der Waals surface area contributed by atoms with Gasteiger partial charge in [0.05, 0.1) is 42.1 Å². The molecule has 4 rings (SSSR count). The van der Waals surface area contributed by atoms with Gasteiger partial charge in [-0.1, -0.05) is 42.0 Å². The van der Waals surface area contributed by atoms with E-state index in [-0.39, 0.29) is 11.7 Å². The standard InChI is InChI=1S/C26H25N3O3S/c1-17-8-10-18(11-9-17)22-15-26(29-21-7-5-4-6-20(21)28-22)33-16-25(30)27-19-12-13-23(31-2)24(14-19)32-3/h4-14H,15-16H2,1-3H3,(H,27,30). The Hall–Kier alpha value is -3.58. The molecule has 1 aliphatic rings. The van der Waals surface area contributed by atoms with Crippen LogP contribution in [0.3, 0.4) is 0 Å². The summed E-state index contributed by atoms with van der Waals surface area (Å²) in [5.74, 6) is 1.28. The number of para-hydroxylation sites is 2. The van der Waals surface area contributed by atoms with E-state index in [0.29, 0.717) is 23.6 Å². The molecule has 6 nitrogen and oxygen atoms in total. The van der Waals surface area contributed by atoms with Crippen LogP contribution >= 0.6 is 11.8 Å². The Morgan fingerprint density at radius 1 is 0.939 bits per heavy atom. The van der Waals surface area contributed by atoms with E-state index < -0.39 is 0 Å². The van der Waals surface area contributed by atoms with Gasteiger partial charge in [0, 0.05) is 18.2 Å². The Morgan fingerprint density at radius 3 is 2.33 bits per heavy atom. The van der Waals surface area contributed by atoms with Gasteiger partial charge in [-0.25, -0.2) is 4.99 Å². The molecule has 1 amide bonds. The number of amides is 1. The molecule has 0 saturated carbocycles. The van der Waals surface area contributed by atoms with Crippen LogP contribution in [0.4, 0.5) is 17.1 Å². The first-order chi connectivity index (χ1) is 16.1. The van der Waals surface area contributed by atoms with E-state index >= 15 is 0 Å². The van der Waals surface area contributed by atoms with Crippen LogP contribution in [0.25, 0.3) is 0 Å². The average molecular weight is 460 g/mol. The number of nitrogens with zero attached hydrogens (tertiary/aromatic N) is 2. The van der Waals surface area contributed by atoms with E-state index in [1.165, 1.54) is 17.3 Å². The zero-order chi connectivity index (χ0) is 23.2. The lowest BCUT2D eigenvalue weighted by atomic mass is 10.1. The number of methoxy groups -OCH3 is 2. The van der Waals surface area contributed by atoms with Crippen LogP contribution in [0.15, 0.2) is 76.7 Å². The maximum Gasteiger partial charge on any atom is 0.234 e. The summed E-state index contributed by atoms with van der Waals surface area (Å²) in [6.45, 7) is 2.06. The lowest BCUT2D eigenvalue weighted by Crippen LogP contribution is -2.16. The van der Waals surface area contributed by atoms with Gasteiger partial charge < -0.3 is 14.8 Å². The first kappa shape index (κ1) is 22.6. The lowest BCUT2D eigenvalue weighted by Gasteiger charge is -2.11. The molecule has 0 fully saturated rings. The van der Waals surface area contributed by atoms with Gasteiger partial charge in [0.25, 0.3) is 0 Å². The lowest BCUT2D eigenvalue weighted by molar-refractivity contribution is -0.113. The highest BCUT2D eigenvalue weighted by molar-refractivity contribution is 8.14. The number of anilines is 1. The molecular formula is C26H25N3O3S. The van der Waals surface area contributed by atoms with Crippen molar-refractivity contribution in [3.63, 3.8) is 0 Å². The fourth-order valence-corrected chi connectivity index (χ4v) is 4.18. The second-order valence-corrected chi connectivity index (χ2v) is 8.55. The second-order valence-electron chi connectivity index (χ2n) is 7.50. The van der Waals surface area contributed by atoms with Gasteiger partial charge in [0.1, 0.15) is 0 Å². The molecule has 3 aromatic rings. The van der Waals surface area contributed by atoms with Crippen molar-refractivity contribution in [3.8, 4) is 11.5 Å². The van der Waals surface area contributed by atoms with Crippen molar-refractivity contribution in [1.29, 1.82) is 0 Å².